The van der Waals surface area contributed by atoms with Crippen LogP contribution in [0.15, 0.2) is 0 Å². The van der Waals surface area contributed by atoms with Gasteiger partial charge in [-0.1, -0.05) is 13.8 Å². The number of hydrogen-bond donors (Lipinski definition) is 2. The van der Waals surface area contributed by atoms with Crippen molar-refractivity contribution in [1.29, 1.82) is 0 Å². The fourth-order valence-electron chi connectivity index (χ4n) is 3.70. The van der Waals surface area contributed by atoms with Crippen molar-refractivity contribution in [2.24, 2.45) is 17.1 Å². The lowest BCUT2D eigenvalue weighted by Gasteiger charge is -2.57. The fraction of sp³-hybridized carbons (Fsp3) is 0.938. The second-order valence-corrected chi connectivity index (χ2v) is 7.40. The Morgan fingerprint density at radius 2 is 1.83 bits per heavy atom. The molecular weight excluding hydrogens is 309 g/mol. The molecule has 2 saturated carbocycles. The Labute approximate surface area is 135 Å². The molecule has 0 bridgehead atoms. The molecule has 1 amide bonds. The first-order chi connectivity index (χ1) is 10.5. The topological polar surface area (TPSA) is 64.3 Å². The lowest BCUT2D eigenvalue weighted by molar-refractivity contribution is -0.183. The van der Waals surface area contributed by atoms with Crippen LogP contribution < -0.4 is 11.1 Å². The van der Waals surface area contributed by atoms with Gasteiger partial charge in [-0.25, -0.2) is 0 Å². The van der Waals surface area contributed by atoms with Crippen molar-refractivity contribution in [2.75, 3.05) is 6.61 Å². The summed E-state index contributed by atoms with van der Waals surface area (Å²) in [7, 11) is 0. The summed E-state index contributed by atoms with van der Waals surface area (Å²) in [4.78, 5) is 12.5. The van der Waals surface area contributed by atoms with Gasteiger partial charge in [0.25, 0.3) is 0 Å². The first kappa shape index (κ1) is 18.5. The van der Waals surface area contributed by atoms with E-state index >= 15 is 0 Å². The van der Waals surface area contributed by atoms with Gasteiger partial charge in [0.2, 0.25) is 5.91 Å². The van der Waals surface area contributed by atoms with Gasteiger partial charge < -0.3 is 15.8 Å². The number of nitrogens with one attached hydrogen (secondary N) is 1. The summed E-state index contributed by atoms with van der Waals surface area (Å²) in [5, 5.41) is 2.86. The molecule has 2 aliphatic rings. The molecule has 0 heterocycles. The molecule has 4 nitrogen and oxygen atoms in total. The maximum atomic E-state index is 12.7. The smallest absolute Gasteiger partial charge is 0.378 e. The van der Waals surface area contributed by atoms with Crippen molar-refractivity contribution >= 4 is 5.91 Å². The number of nitrogens with two attached hydrogens (primary N) is 1. The van der Waals surface area contributed by atoms with Crippen LogP contribution in [0.1, 0.15) is 52.9 Å². The van der Waals surface area contributed by atoms with Crippen LogP contribution in [-0.4, -0.2) is 36.4 Å². The Morgan fingerprint density at radius 3 is 2.26 bits per heavy atom. The summed E-state index contributed by atoms with van der Waals surface area (Å²) < 4.78 is 43.6. The molecule has 0 aromatic rings. The maximum absolute atomic E-state index is 12.7. The fourth-order valence-corrected chi connectivity index (χ4v) is 3.70. The van der Waals surface area contributed by atoms with Gasteiger partial charge in [-0.15, -0.1) is 0 Å². The zero-order valence-electron chi connectivity index (χ0n) is 14.0. The molecule has 2 rings (SSSR count). The summed E-state index contributed by atoms with van der Waals surface area (Å²) in [5.74, 6) is -1.51. The van der Waals surface area contributed by atoms with Crippen molar-refractivity contribution in [1.82, 2.24) is 5.32 Å². The van der Waals surface area contributed by atoms with Crippen molar-refractivity contribution in [3.63, 3.8) is 0 Å². The lowest BCUT2D eigenvalue weighted by atomic mass is 9.54. The molecule has 0 saturated heterocycles. The molecule has 0 aromatic heterocycles. The molecule has 23 heavy (non-hydrogen) atoms. The predicted molar refractivity (Wildman–Crippen MR) is 80.7 cm³/mol. The summed E-state index contributed by atoms with van der Waals surface area (Å²) in [6.45, 7) is 6.26. The highest BCUT2D eigenvalue weighted by Gasteiger charge is 2.63. The van der Waals surface area contributed by atoms with E-state index in [1.807, 2.05) is 20.8 Å². The van der Waals surface area contributed by atoms with E-state index in [0.717, 1.165) is 0 Å². The molecule has 3 N–H and O–H groups in total. The molecule has 2 atom stereocenters. The van der Waals surface area contributed by atoms with E-state index in [1.165, 1.54) is 0 Å². The summed E-state index contributed by atoms with van der Waals surface area (Å²) >= 11 is 0. The lowest BCUT2D eigenvalue weighted by Crippen LogP contribution is -2.76. The highest BCUT2D eigenvalue weighted by molar-refractivity contribution is 5.89. The molecule has 134 valence electrons. The van der Waals surface area contributed by atoms with Gasteiger partial charge in [0.1, 0.15) is 5.54 Å². The second-order valence-electron chi connectivity index (χ2n) is 7.40. The molecule has 2 unspecified atom stereocenters. The van der Waals surface area contributed by atoms with E-state index < -0.39 is 23.0 Å². The van der Waals surface area contributed by atoms with Crippen LogP contribution in [0.25, 0.3) is 0 Å². The molecule has 2 aliphatic carbocycles. The van der Waals surface area contributed by atoms with Gasteiger partial charge in [0.05, 0.1) is 12.0 Å². The highest BCUT2D eigenvalue weighted by atomic mass is 19.4. The van der Waals surface area contributed by atoms with Gasteiger partial charge in [-0.05, 0) is 32.6 Å². The summed E-state index contributed by atoms with van der Waals surface area (Å²) in [6, 6.07) is -0.219. The molecule has 0 aromatic carbocycles. The minimum absolute atomic E-state index is 0.0655. The zero-order valence-corrected chi connectivity index (χ0v) is 14.0. The summed E-state index contributed by atoms with van der Waals surface area (Å²) in [6.07, 6.45) is -2.93. The average Bonchev–Trinajstić information content (AvgIpc) is 2.46. The average molecular weight is 336 g/mol. The van der Waals surface area contributed by atoms with Crippen LogP contribution in [0.2, 0.25) is 0 Å². The second kappa shape index (κ2) is 6.24. The molecule has 0 spiro atoms. The molecule has 2 fully saturated rings. The molecule has 0 aliphatic heterocycles. The molecule has 7 heteroatoms. The monoisotopic (exact) mass is 336 g/mol. The quantitative estimate of drug-likeness (QED) is 0.830. The third-order valence-corrected chi connectivity index (χ3v) is 5.76. The summed E-state index contributed by atoms with van der Waals surface area (Å²) in [5.41, 5.74) is 4.78. The van der Waals surface area contributed by atoms with Crippen molar-refractivity contribution < 1.29 is 22.7 Å². The van der Waals surface area contributed by atoms with Crippen molar-refractivity contribution in [3.8, 4) is 0 Å². The van der Waals surface area contributed by atoms with E-state index in [4.69, 9.17) is 10.5 Å². The van der Waals surface area contributed by atoms with Gasteiger partial charge >= 0.3 is 6.18 Å². The van der Waals surface area contributed by atoms with E-state index in [2.05, 4.69) is 5.32 Å². The van der Waals surface area contributed by atoms with Crippen molar-refractivity contribution in [2.45, 2.75) is 76.7 Å². The number of carbonyl (C=O) groups is 1. The molecular formula is C16H27F3N2O2. The van der Waals surface area contributed by atoms with Crippen LogP contribution in [0, 0.1) is 11.3 Å². The van der Waals surface area contributed by atoms with E-state index in [9.17, 15) is 18.0 Å². The Kier molecular flexibility index (Phi) is 5.02. The van der Waals surface area contributed by atoms with Crippen LogP contribution >= 0.6 is 0 Å². The van der Waals surface area contributed by atoms with Gasteiger partial charge in [0.15, 0.2) is 0 Å². The number of rotatable bonds is 4. The number of carbonyl (C=O) groups excluding carboxylic acids is 1. The van der Waals surface area contributed by atoms with E-state index in [-0.39, 0.29) is 30.9 Å². The number of ether oxygens (including phenoxy) is 1. The Morgan fingerprint density at radius 1 is 1.26 bits per heavy atom. The Hall–Kier alpha value is -0.820. The number of alkyl halides is 3. The zero-order chi connectivity index (χ0) is 17.5. The third kappa shape index (κ3) is 3.36. The van der Waals surface area contributed by atoms with Crippen LogP contribution in [-0.2, 0) is 9.53 Å². The largest absolute Gasteiger partial charge is 0.391 e. The number of amides is 1. The standard InChI is InChI=1S/C16H27F3N2O2/c1-4-23-12-9-15(20,14(12,2)3)13(22)21-11-7-5-10(6-8-11)16(17,18)19/h10-12H,4-9,20H2,1-3H3,(H,21,22). The van der Waals surface area contributed by atoms with Crippen LogP contribution in [0.3, 0.4) is 0 Å². The van der Waals surface area contributed by atoms with Crippen molar-refractivity contribution in [3.05, 3.63) is 0 Å². The minimum Gasteiger partial charge on any atom is -0.378 e. The third-order valence-electron chi connectivity index (χ3n) is 5.76. The Balaban J connectivity index is 1.89. The minimum atomic E-state index is -4.13. The van der Waals surface area contributed by atoms with E-state index in [0.29, 0.717) is 25.9 Å². The highest BCUT2D eigenvalue weighted by Crippen LogP contribution is 2.50. The van der Waals surface area contributed by atoms with Crippen LogP contribution in [0.5, 0.6) is 0 Å². The maximum Gasteiger partial charge on any atom is 0.391 e. The predicted octanol–water partition coefficient (Wildman–Crippen LogP) is 2.76. The Bertz CT molecular complexity index is 445. The van der Waals surface area contributed by atoms with E-state index in [1.54, 1.807) is 0 Å². The first-order valence-electron chi connectivity index (χ1n) is 8.30. The SMILES string of the molecule is CCOC1CC(N)(C(=O)NC2CCC(C(F)(F)F)CC2)C1(C)C. The first-order valence-corrected chi connectivity index (χ1v) is 8.30. The van der Waals surface area contributed by atoms with Gasteiger partial charge in [-0.2, -0.15) is 13.2 Å². The van der Waals surface area contributed by atoms with Gasteiger partial charge in [-0.3, -0.25) is 4.79 Å². The normalized spacial score (nSPS) is 37.1. The number of hydrogen-bond acceptors (Lipinski definition) is 3. The molecule has 0 radical (unpaired) electrons. The number of halogens is 3. The van der Waals surface area contributed by atoms with Gasteiger partial charge in [0, 0.05) is 24.5 Å². The van der Waals surface area contributed by atoms with Crippen LogP contribution in [0.4, 0.5) is 13.2 Å².